The van der Waals surface area contributed by atoms with E-state index >= 15 is 0 Å². The first-order chi connectivity index (χ1) is 13.3. The van der Waals surface area contributed by atoms with Crippen molar-refractivity contribution < 1.29 is 8.42 Å². The summed E-state index contributed by atoms with van der Waals surface area (Å²) in [5, 5.41) is 6.69. The second-order valence-corrected chi connectivity index (χ2v) is 9.88. The van der Waals surface area contributed by atoms with Gasteiger partial charge in [0.05, 0.1) is 11.4 Å². The lowest BCUT2D eigenvalue weighted by atomic mass is 10.0. The highest BCUT2D eigenvalue weighted by atomic mass is 127. The quantitative estimate of drug-likeness (QED) is 0.231. The number of hydrogen-bond donors (Lipinski definition) is 2. The lowest BCUT2D eigenvalue weighted by Gasteiger charge is -2.30. The Kier molecular flexibility index (Phi) is 11.5. The Morgan fingerprint density at radius 1 is 1.31 bits per heavy atom. The third-order valence-electron chi connectivity index (χ3n) is 5.09. The molecule has 0 bridgehead atoms. The van der Waals surface area contributed by atoms with Crippen LogP contribution in [0.15, 0.2) is 28.1 Å². The van der Waals surface area contributed by atoms with Gasteiger partial charge in [0, 0.05) is 25.9 Å². The standard InChI is InChI=1S/C21H36N4O2S.HI/c1-5-22-21(23-11-7-13-25-12-6-8-17(2)16-25)24-15-19-9-10-20(18(3)14-19)28(4,26)27;/h9-10,14,17H,5-8,11-13,15-16H2,1-4H3,(H2,22,23,24);1H. The molecule has 8 heteroatoms. The van der Waals surface area contributed by atoms with Crippen LogP contribution < -0.4 is 10.6 Å². The Hall–Kier alpha value is -0.870. The molecule has 1 aliphatic rings. The lowest BCUT2D eigenvalue weighted by molar-refractivity contribution is 0.182. The van der Waals surface area contributed by atoms with Gasteiger partial charge in [-0.2, -0.15) is 0 Å². The fraction of sp³-hybridized carbons (Fsp3) is 0.667. The maximum Gasteiger partial charge on any atom is 0.191 e. The highest BCUT2D eigenvalue weighted by Gasteiger charge is 2.15. The summed E-state index contributed by atoms with van der Waals surface area (Å²) < 4.78 is 23.5. The molecule has 6 nitrogen and oxygen atoms in total. The molecule has 0 aliphatic carbocycles. The van der Waals surface area contributed by atoms with Gasteiger partial charge in [0.2, 0.25) is 0 Å². The Morgan fingerprint density at radius 3 is 2.69 bits per heavy atom. The van der Waals surface area contributed by atoms with Crippen LogP contribution in [-0.4, -0.2) is 58.3 Å². The van der Waals surface area contributed by atoms with Gasteiger partial charge in [-0.1, -0.05) is 19.1 Å². The van der Waals surface area contributed by atoms with E-state index in [1.165, 1.54) is 32.2 Å². The number of piperidine rings is 1. The highest BCUT2D eigenvalue weighted by molar-refractivity contribution is 14.0. The summed E-state index contributed by atoms with van der Waals surface area (Å²) in [6.45, 7) is 12.0. The molecule has 29 heavy (non-hydrogen) atoms. The van der Waals surface area contributed by atoms with E-state index in [4.69, 9.17) is 0 Å². The van der Waals surface area contributed by atoms with Crippen molar-refractivity contribution in [2.45, 2.75) is 51.5 Å². The SMILES string of the molecule is CCNC(=NCc1ccc(S(C)(=O)=O)c(C)c1)NCCCN1CCCC(C)C1.I. The molecule has 0 spiro atoms. The fourth-order valence-electron chi connectivity index (χ4n) is 3.74. The average Bonchev–Trinajstić information content (AvgIpc) is 2.62. The van der Waals surface area contributed by atoms with Gasteiger partial charge in [0.15, 0.2) is 15.8 Å². The van der Waals surface area contributed by atoms with E-state index in [1.807, 2.05) is 19.1 Å². The first kappa shape index (κ1) is 26.2. The highest BCUT2D eigenvalue weighted by Crippen LogP contribution is 2.17. The molecular weight excluding hydrogens is 499 g/mol. The van der Waals surface area contributed by atoms with Crippen LogP contribution >= 0.6 is 24.0 Å². The minimum Gasteiger partial charge on any atom is -0.357 e. The molecule has 166 valence electrons. The van der Waals surface area contributed by atoms with Crippen molar-refractivity contribution in [2.75, 3.05) is 39.0 Å². The summed E-state index contributed by atoms with van der Waals surface area (Å²) >= 11 is 0. The number of sulfone groups is 1. The Balaban J connectivity index is 0.00000420. The summed E-state index contributed by atoms with van der Waals surface area (Å²) in [4.78, 5) is 7.59. The molecule has 1 fully saturated rings. The van der Waals surface area contributed by atoms with Crippen LogP contribution in [0.5, 0.6) is 0 Å². The molecule has 1 atom stereocenters. The Morgan fingerprint density at radius 2 is 2.07 bits per heavy atom. The lowest BCUT2D eigenvalue weighted by Crippen LogP contribution is -2.40. The molecule has 1 unspecified atom stereocenters. The molecule has 2 rings (SSSR count). The summed E-state index contributed by atoms with van der Waals surface area (Å²) in [5.41, 5.74) is 1.77. The number of aryl methyl sites for hydroxylation is 1. The van der Waals surface area contributed by atoms with E-state index in [0.717, 1.165) is 49.1 Å². The molecule has 1 heterocycles. The van der Waals surface area contributed by atoms with Crippen LogP contribution in [0.1, 0.15) is 44.2 Å². The van der Waals surface area contributed by atoms with Gasteiger partial charge >= 0.3 is 0 Å². The molecular formula is C21H37IN4O2S. The molecule has 1 aromatic carbocycles. The van der Waals surface area contributed by atoms with Crippen LogP contribution in [0.25, 0.3) is 0 Å². The molecule has 1 saturated heterocycles. The smallest absolute Gasteiger partial charge is 0.191 e. The number of nitrogens with zero attached hydrogens (tertiary/aromatic N) is 2. The van der Waals surface area contributed by atoms with Gasteiger partial charge in [-0.05, 0) is 69.3 Å². The van der Waals surface area contributed by atoms with Crippen molar-refractivity contribution in [1.82, 2.24) is 15.5 Å². The van der Waals surface area contributed by atoms with Gasteiger partial charge in [-0.25, -0.2) is 13.4 Å². The normalized spacial score (nSPS) is 18.2. The van der Waals surface area contributed by atoms with E-state index in [0.29, 0.717) is 11.4 Å². The van der Waals surface area contributed by atoms with Gasteiger partial charge in [-0.3, -0.25) is 0 Å². The number of likely N-dealkylation sites (tertiary alicyclic amines) is 1. The average molecular weight is 537 g/mol. The Bertz CT molecular complexity index is 768. The van der Waals surface area contributed by atoms with Gasteiger partial charge in [0.1, 0.15) is 0 Å². The first-order valence-corrected chi connectivity index (χ1v) is 12.2. The van der Waals surface area contributed by atoms with Crippen LogP contribution in [0.4, 0.5) is 0 Å². The van der Waals surface area contributed by atoms with Crippen LogP contribution in [0, 0.1) is 12.8 Å². The van der Waals surface area contributed by atoms with E-state index in [1.54, 1.807) is 6.07 Å². The minimum atomic E-state index is -3.18. The maximum absolute atomic E-state index is 11.7. The van der Waals surface area contributed by atoms with Crippen molar-refractivity contribution in [3.63, 3.8) is 0 Å². The summed E-state index contributed by atoms with van der Waals surface area (Å²) in [5.74, 6) is 1.62. The number of aliphatic imine (C=N–C) groups is 1. The predicted molar refractivity (Wildman–Crippen MR) is 132 cm³/mol. The fourth-order valence-corrected chi connectivity index (χ4v) is 4.70. The first-order valence-electron chi connectivity index (χ1n) is 10.3. The molecule has 2 N–H and O–H groups in total. The third kappa shape index (κ3) is 9.21. The van der Waals surface area contributed by atoms with Crippen LogP contribution in [-0.2, 0) is 16.4 Å². The number of benzene rings is 1. The van der Waals surface area contributed by atoms with E-state index in [2.05, 4.69) is 34.4 Å². The van der Waals surface area contributed by atoms with E-state index in [-0.39, 0.29) is 24.0 Å². The summed E-state index contributed by atoms with van der Waals surface area (Å²) in [7, 11) is -3.18. The zero-order valence-electron chi connectivity index (χ0n) is 18.2. The third-order valence-corrected chi connectivity index (χ3v) is 6.34. The van der Waals surface area contributed by atoms with Crippen LogP contribution in [0.2, 0.25) is 0 Å². The Labute approximate surface area is 193 Å². The number of rotatable bonds is 8. The second kappa shape index (κ2) is 12.7. The number of nitrogens with one attached hydrogen (secondary N) is 2. The van der Waals surface area contributed by atoms with Gasteiger partial charge in [-0.15, -0.1) is 24.0 Å². The van der Waals surface area contributed by atoms with Crippen molar-refractivity contribution in [2.24, 2.45) is 10.9 Å². The molecule has 1 aliphatic heterocycles. The monoisotopic (exact) mass is 536 g/mol. The maximum atomic E-state index is 11.7. The molecule has 0 radical (unpaired) electrons. The zero-order valence-corrected chi connectivity index (χ0v) is 21.3. The molecule has 1 aromatic rings. The van der Waals surface area contributed by atoms with E-state index in [9.17, 15) is 8.42 Å². The van der Waals surface area contributed by atoms with Crippen molar-refractivity contribution in [1.29, 1.82) is 0 Å². The van der Waals surface area contributed by atoms with Crippen molar-refractivity contribution >= 4 is 39.8 Å². The number of guanidine groups is 1. The zero-order chi connectivity index (χ0) is 20.6. The molecule has 0 amide bonds. The van der Waals surface area contributed by atoms with Gasteiger partial charge < -0.3 is 15.5 Å². The number of hydrogen-bond acceptors (Lipinski definition) is 4. The predicted octanol–water partition coefficient (Wildman–Crippen LogP) is 3.19. The van der Waals surface area contributed by atoms with Crippen molar-refractivity contribution in [3.8, 4) is 0 Å². The second-order valence-electron chi connectivity index (χ2n) is 7.90. The topological polar surface area (TPSA) is 73.8 Å². The summed E-state index contributed by atoms with van der Waals surface area (Å²) in [6, 6.07) is 5.42. The number of halogens is 1. The van der Waals surface area contributed by atoms with Gasteiger partial charge in [0.25, 0.3) is 0 Å². The molecule has 0 saturated carbocycles. The van der Waals surface area contributed by atoms with E-state index < -0.39 is 9.84 Å². The largest absolute Gasteiger partial charge is 0.357 e. The van der Waals surface area contributed by atoms with Crippen molar-refractivity contribution in [3.05, 3.63) is 29.3 Å². The summed E-state index contributed by atoms with van der Waals surface area (Å²) in [6.07, 6.45) is 5.01. The van der Waals surface area contributed by atoms with Crippen LogP contribution in [0.3, 0.4) is 0 Å². The minimum absolute atomic E-state index is 0. The molecule has 0 aromatic heterocycles.